The fourth-order valence-electron chi connectivity index (χ4n) is 3.46. The number of aryl methyl sites for hydroxylation is 1. The van der Waals surface area contributed by atoms with Crippen molar-refractivity contribution >= 4 is 23.2 Å². The highest BCUT2D eigenvalue weighted by molar-refractivity contribution is 6.04. The highest BCUT2D eigenvalue weighted by atomic mass is 19.1. The van der Waals surface area contributed by atoms with Gasteiger partial charge in [0.2, 0.25) is 0 Å². The number of nitrogens with one attached hydrogen (secondary N) is 1. The Kier molecular flexibility index (Phi) is 5.37. The molecule has 3 aromatic rings. The molecule has 7 heteroatoms. The minimum atomic E-state index is -0.205. The van der Waals surface area contributed by atoms with E-state index in [9.17, 15) is 9.18 Å². The minimum absolute atomic E-state index is 0.200. The lowest BCUT2D eigenvalue weighted by Gasteiger charge is -2.36. The Bertz CT molecular complexity index is 1000. The first-order valence-corrected chi connectivity index (χ1v) is 9.57. The van der Waals surface area contributed by atoms with Crippen LogP contribution in [0.15, 0.2) is 60.7 Å². The van der Waals surface area contributed by atoms with E-state index < -0.39 is 0 Å². The molecule has 0 unspecified atom stereocenters. The monoisotopic (exact) mass is 391 g/mol. The normalized spacial score (nSPS) is 14.0. The standard InChI is InChI=1S/C22H22FN5O/c1-16-6-2-3-7-17(16)22(29)24-20-10-11-21(26-25-20)28-14-12-27(13-15-28)19-9-5-4-8-18(19)23/h2-11H,12-15H2,1H3,(H,24,25,29). The zero-order chi connectivity index (χ0) is 20.2. The van der Waals surface area contributed by atoms with Gasteiger partial charge in [0.25, 0.3) is 5.91 Å². The van der Waals surface area contributed by atoms with Crippen LogP contribution >= 0.6 is 0 Å². The number of piperazine rings is 1. The number of para-hydroxylation sites is 1. The first kappa shape index (κ1) is 18.9. The largest absolute Gasteiger partial charge is 0.366 e. The summed E-state index contributed by atoms with van der Waals surface area (Å²) in [6, 6.07) is 17.8. The lowest BCUT2D eigenvalue weighted by molar-refractivity contribution is 0.102. The van der Waals surface area contributed by atoms with Crippen LogP contribution in [-0.2, 0) is 0 Å². The Morgan fingerprint density at radius 3 is 2.28 bits per heavy atom. The van der Waals surface area contributed by atoms with Crippen molar-refractivity contribution in [1.29, 1.82) is 0 Å². The third-order valence-electron chi connectivity index (χ3n) is 5.08. The van der Waals surface area contributed by atoms with E-state index in [0.29, 0.717) is 30.2 Å². The average molecular weight is 391 g/mol. The molecule has 1 aliphatic rings. The molecule has 1 fully saturated rings. The third kappa shape index (κ3) is 4.18. The Morgan fingerprint density at radius 1 is 0.897 bits per heavy atom. The van der Waals surface area contributed by atoms with Crippen LogP contribution in [0.25, 0.3) is 0 Å². The van der Waals surface area contributed by atoms with Crippen LogP contribution in [0.1, 0.15) is 15.9 Å². The highest BCUT2D eigenvalue weighted by Crippen LogP contribution is 2.22. The summed E-state index contributed by atoms with van der Waals surface area (Å²) >= 11 is 0. The zero-order valence-corrected chi connectivity index (χ0v) is 16.2. The number of benzene rings is 2. The van der Waals surface area contributed by atoms with Crippen molar-refractivity contribution in [3.8, 4) is 0 Å². The second kappa shape index (κ2) is 8.26. The number of aromatic nitrogens is 2. The molecule has 1 aromatic heterocycles. The van der Waals surface area contributed by atoms with Gasteiger partial charge in [0.15, 0.2) is 11.6 Å². The lowest BCUT2D eigenvalue weighted by atomic mass is 10.1. The molecule has 2 aromatic carbocycles. The number of halogens is 1. The molecule has 0 aliphatic carbocycles. The number of nitrogens with zero attached hydrogens (tertiary/aromatic N) is 4. The van der Waals surface area contributed by atoms with E-state index in [1.165, 1.54) is 6.07 Å². The summed E-state index contributed by atoms with van der Waals surface area (Å²) in [7, 11) is 0. The molecule has 0 saturated carbocycles. The van der Waals surface area contributed by atoms with Gasteiger partial charge in [0.05, 0.1) is 5.69 Å². The Labute approximate surface area is 169 Å². The predicted molar refractivity (Wildman–Crippen MR) is 112 cm³/mol. The number of hydrogen-bond donors (Lipinski definition) is 1. The van der Waals surface area contributed by atoms with Crippen molar-refractivity contribution < 1.29 is 9.18 Å². The Hall–Kier alpha value is -3.48. The maximum atomic E-state index is 14.0. The van der Waals surface area contributed by atoms with Crippen LogP contribution in [0.5, 0.6) is 0 Å². The summed E-state index contributed by atoms with van der Waals surface area (Å²) in [5, 5.41) is 11.2. The lowest BCUT2D eigenvalue weighted by Crippen LogP contribution is -2.47. The van der Waals surface area contributed by atoms with E-state index in [4.69, 9.17) is 0 Å². The number of hydrogen-bond acceptors (Lipinski definition) is 5. The molecular formula is C22H22FN5O. The summed E-state index contributed by atoms with van der Waals surface area (Å²) < 4.78 is 14.0. The van der Waals surface area contributed by atoms with Gasteiger partial charge in [-0.2, -0.15) is 0 Å². The molecule has 1 N–H and O–H groups in total. The Morgan fingerprint density at radius 2 is 1.59 bits per heavy atom. The molecule has 0 radical (unpaired) electrons. The van der Waals surface area contributed by atoms with Gasteiger partial charge in [-0.1, -0.05) is 30.3 Å². The number of amides is 1. The van der Waals surface area contributed by atoms with E-state index in [1.807, 2.05) is 42.2 Å². The molecule has 1 amide bonds. The van der Waals surface area contributed by atoms with E-state index in [0.717, 1.165) is 24.5 Å². The van der Waals surface area contributed by atoms with Gasteiger partial charge in [-0.25, -0.2) is 4.39 Å². The fraction of sp³-hybridized carbons (Fsp3) is 0.227. The van der Waals surface area contributed by atoms with E-state index in [-0.39, 0.29) is 11.7 Å². The van der Waals surface area contributed by atoms with Crippen LogP contribution in [0.4, 0.5) is 21.7 Å². The van der Waals surface area contributed by atoms with Crippen LogP contribution in [0.3, 0.4) is 0 Å². The number of carbonyl (C=O) groups is 1. The molecule has 6 nitrogen and oxygen atoms in total. The van der Waals surface area contributed by atoms with Crippen LogP contribution in [0, 0.1) is 12.7 Å². The molecule has 2 heterocycles. The number of rotatable bonds is 4. The third-order valence-corrected chi connectivity index (χ3v) is 5.08. The SMILES string of the molecule is Cc1ccccc1C(=O)Nc1ccc(N2CCN(c3ccccc3F)CC2)nn1. The fourth-order valence-corrected chi connectivity index (χ4v) is 3.46. The van der Waals surface area contributed by atoms with E-state index in [1.54, 1.807) is 24.3 Å². The Balaban J connectivity index is 1.37. The van der Waals surface area contributed by atoms with Gasteiger partial charge in [-0.15, -0.1) is 10.2 Å². The van der Waals surface area contributed by atoms with Crippen molar-refractivity contribution in [3.63, 3.8) is 0 Å². The van der Waals surface area contributed by atoms with Crippen LogP contribution < -0.4 is 15.1 Å². The van der Waals surface area contributed by atoms with Crippen molar-refractivity contribution in [2.24, 2.45) is 0 Å². The molecule has 1 saturated heterocycles. The van der Waals surface area contributed by atoms with Crippen molar-refractivity contribution in [2.45, 2.75) is 6.92 Å². The quantitative estimate of drug-likeness (QED) is 0.738. The maximum Gasteiger partial charge on any atom is 0.257 e. The summed E-state index contributed by atoms with van der Waals surface area (Å²) in [4.78, 5) is 16.5. The number of carbonyl (C=O) groups excluding carboxylic acids is 1. The molecule has 148 valence electrons. The number of anilines is 3. The van der Waals surface area contributed by atoms with Crippen molar-refractivity contribution in [3.05, 3.63) is 77.6 Å². The van der Waals surface area contributed by atoms with Gasteiger partial charge in [0, 0.05) is 31.7 Å². The minimum Gasteiger partial charge on any atom is -0.366 e. The molecule has 0 bridgehead atoms. The van der Waals surface area contributed by atoms with Crippen LogP contribution in [0.2, 0.25) is 0 Å². The maximum absolute atomic E-state index is 14.0. The molecular weight excluding hydrogens is 369 g/mol. The van der Waals surface area contributed by atoms with E-state index >= 15 is 0 Å². The molecule has 29 heavy (non-hydrogen) atoms. The molecule has 4 rings (SSSR count). The summed E-state index contributed by atoms with van der Waals surface area (Å²) in [5.41, 5.74) is 2.15. The van der Waals surface area contributed by atoms with Gasteiger partial charge >= 0.3 is 0 Å². The average Bonchev–Trinajstić information content (AvgIpc) is 2.75. The second-order valence-electron chi connectivity index (χ2n) is 6.97. The highest BCUT2D eigenvalue weighted by Gasteiger charge is 2.20. The van der Waals surface area contributed by atoms with Gasteiger partial charge in [-0.05, 0) is 42.8 Å². The molecule has 0 spiro atoms. The molecule has 0 atom stereocenters. The predicted octanol–water partition coefficient (Wildman–Crippen LogP) is 3.50. The summed E-state index contributed by atoms with van der Waals surface area (Å²) in [6.07, 6.45) is 0. The molecule has 1 aliphatic heterocycles. The van der Waals surface area contributed by atoms with Crippen LogP contribution in [-0.4, -0.2) is 42.3 Å². The first-order valence-electron chi connectivity index (χ1n) is 9.57. The summed E-state index contributed by atoms with van der Waals surface area (Å²) in [6.45, 7) is 4.74. The first-order chi connectivity index (χ1) is 14.1. The summed E-state index contributed by atoms with van der Waals surface area (Å²) in [5.74, 6) is 0.747. The van der Waals surface area contributed by atoms with Crippen molar-refractivity contribution in [1.82, 2.24) is 10.2 Å². The second-order valence-corrected chi connectivity index (χ2v) is 6.97. The van der Waals surface area contributed by atoms with Crippen molar-refractivity contribution in [2.75, 3.05) is 41.3 Å². The van der Waals surface area contributed by atoms with Gasteiger partial charge in [0.1, 0.15) is 5.82 Å². The van der Waals surface area contributed by atoms with Gasteiger partial charge < -0.3 is 15.1 Å². The van der Waals surface area contributed by atoms with E-state index in [2.05, 4.69) is 20.4 Å². The topological polar surface area (TPSA) is 61.4 Å². The van der Waals surface area contributed by atoms with Gasteiger partial charge in [-0.3, -0.25) is 4.79 Å². The smallest absolute Gasteiger partial charge is 0.257 e. The zero-order valence-electron chi connectivity index (χ0n) is 16.2.